The summed E-state index contributed by atoms with van der Waals surface area (Å²) in [6.45, 7) is 1.75. The van der Waals surface area contributed by atoms with Crippen molar-refractivity contribution in [2.75, 3.05) is 19.5 Å². The lowest BCUT2D eigenvalue weighted by Crippen LogP contribution is -2.20. The molecule has 0 spiro atoms. The van der Waals surface area contributed by atoms with Crippen LogP contribution in [0.25, 0.3) is 0 Å². The van der Waals surface area contributed by atoms with Crippen LogP contribution in [-0.2, 0) is 4.79 Å². The summed E-state index contributed by atoms with van der Waals surface area (Å²) in [5, 5.41) is 2.74. The van der Waals surface area contributed by atoms with E-state index in [2.05, 4.69) is 21.2 Å². The van der Waals surface area contributed by atoms with Gasteiger partial charge in [-0.2, -0.15) is 0 Å². The number of benzene rings is 1. The summed E-state index contributed by atoms with van der Waals surface area (Å²) in [5.41, 5.74) is 0.545. The molecule has 1 amide bonds. The molecule has 88 valence electrons. The van der Waals surface area contributed by atoms with Crippen molar-refractivity contribution in [1.29, 1.82) is 0 Å². The maximum Gasteiger partial charge on any atom is 0.238 e. The zero-order valence-electron chi connectivity index (χ0n) is 9.41. The monoisotopic (exact) mass is 287 g/mol. The Bertz CT molecular complexity index is 357. The highest BCUT2D eigenvalue weighted by molar-refractivity contribution is 9.10. The Morgan fingerprint density at radius 1 is 1.31 bits per heavy atom. The third-order valence-corrected chi connectivity index (χ3v) is 2.45. The number of hydrogen-bond acceptors (Lipinski definition) is 3. The number of methoxy groups -OCH3 is 2. The lowest BCUT2D eigenvalue weighted by Gasteiger charge is -2.14. The fraction of sp³-hybridized carbons (Fsp3) is 0.364. The van der Waals surface area contributed by atoms with Crippen LogP contribution in [-0.4, -0.2) is 25.0 Å². The van der Waals surface area contributed by atoms with Crippen molar-refractivity contribution in [3.05, 3.63) is 18.2 Å². The Morgan fingerprint density at radius 3 is 2.19 bits per heavy atom. The summed E-state index contributed by atoms with van der Waals surface area (Å²) in [7, 11) is 3.09. The van der Waals surface area contributed by atoms with Crippen molar-refractivity contribution >= 4 is 27.5 Å². The first-order valence-corrected chi connectivity index (χ1v) is 5.67. The summed E-state index contributed by atoms with van der Waals surface area (Å²) >= 11 is 3.20. The molecule has 0 aliphatic heterocycles. The number of halogens is 1. The van der Waals surface area contributed by atoms with E-state index in [1.165, 1.54) is 0 Å². The zero-order valence-corrected chi connectivity index (χ0v) is 11.0. The van der Waals surface area contributed by atoms with Crippen LogP contribution in [0.4, 0.5) is 5.69 Å². The minimum Gasteiger partial charge on any atom is -0.494 e. The molecular formula is C11H14BrNO3. The fourth-order valence-electron chi connectivity index (χ4n) is 1.20. The van der Waals surface area contributed by atoms with Crippen molar-refractivity contribution in [1.82, 2.24) is 0 Å². The quantitative estimate of drug-likeness (QED) is 0.866. The molecule has 0 aliphatic carbocycles. The molecule has 0 aromatic heterocycles. The molecule has 1 N–H and O–H groups in total. The van der Waals surface area contributed by atoms with Gasteiger partial charge in [0.2, 0.25) is 5.91 Å². The first-order chi connectivity index (χ1) is 7.60. The normalized spacial score (nSPS) is 11.8. The first kappa shape index (κ1) is 12.8. The van der Waals surface area contributed by atoms with Crippen LogP contribution in [0.5, 0.6) is 11.5 Å². The van der Waals surface area contributed by atoms with Crippen molar-refractivity contribution in [3.63, 3.8) is 0 Å². The molecule has 0 aliphatic rings. The number of para-hydroxylation sites is 1. The van der Waals surface area contributed by atoms with E-state index in [0.717, 1.165) is 0 Å². The number of alkyl halides is 1. The first-order valence-electron chi connectivity index (χ1n) is 4.76. The summed E-state index contributed by atoms with van der Waals surface area (Å²) in [6.07, 6.45) is 0. The molecule has 0 heterocycles. The van der Waals surface area contributed by atoms with Gasteiger partial charge in [0.05, 0.1) is 19.0 Å². The predicted molar refractivity (Wildman–Crippen MR) is 66.6 cm³/mol. The second-order valence-corrected chi connectivity index (χ2v) is 4.52. The average Bonchev–Trinajstić information content (AvgIpc) is 2.29. The van der Waals surface area contributed by atoms with Gasteiger partial charge in [-0.3, -0.25) is 4.79 Å². The molecule has 0 radical (unpaired) electrons. The van der Waals surface area contributed by atoms with Gasteiger partial charge in [-0.1, -0.05) is 22.0 Å². The van der Waals surface area contributed by atoms with Gasteiger partial charge in [0.1, 0.15) is 17.2 Å². The van der Waals surface area contributed by atoms with E-state index >= 15 is 0 Å². The second kappa shape index (κ2) is 5.75. The highest BCUT2D eigenvalue weighted by Crippen LogP contribution is 2.34. The van der Waals surface area contributed by atoms with Crippen molar-refractivity contribution in [2.45, 2.75) is 11.8 Å². The molecule has 4 nitrogen and oxygen atoms in total. The standard InChI is InChI=1S/C11H14BrNO3/c1-7(12)11(14)13-10-8(15-2)5-4-6-9(10)16-3/h4-7H,1-3H3,(H,13,14)/t7-/m1/s1. The van der Waals surface area contributed by atoms with Crippen LogP contribution < -0.4 is 14.8 Å². The summed E-state index contributed by atoms with van der Waals surface area (Å²) < 4.78 is 10.3. The molecular weight excluding hydrogens is 274 g/mol. The summed E-state index contributed by atoms with van der Waals surface area (Å²) in [4.78, 5) is 11.3. The molecule has 1 aromatic carbocycles. The number of nitrogens with one attached hydrogen (secondary N) is 1. The lowest BCUT2D eigenvalue weighted by atomic mass is 10.2. The fourth-order valence-corrected chi connectivity index (χ4v) is 1.31. The van der Waals surface area contributed by atoms with Crippen LogP contribution in [0.3, 0.4) is 0 Å². The maximum atomic E-state index is 11.6. The highest BCUT2D eigenvalue weighted by Gasteiger charge is 2.15. The van der Waals surface area contributed by atoms with E-state index in [0.29, 0.717) is 17.2 Å². The number of carbonyl (C=O) groups excluding carboxylic acids is 1. The number of anilines is 1. The third-order valence-electron chi connectivity index (χ3n) is 2.04. The van der Waals surface area contributed by atoms with E-state index < -0.39 is 0 Å². The van der Waals surface area contributed by atoms with E-state index in [9.17, 15) is 4.79 Å². The van der Waals surface area contributed by atoms with Crippen LogP contribution >= 0.6 is 15.9 Å². The Hall–Kier alpha value is -1.23. The molecule has 16 heavy (non-hydrogen) atoms. The van der Waals surface area contributed by atoms with Crippen LogP contribution in [0.1, 0.15) is 6.92 Å². The molecule has 0 saturated heterocycles. The van der Waals surface area contributed by atoms with Gasteiger partial charge in [0, 0.05) is 0 Å². The SMILES string of the molecule is COc1cccc(OC)c1NC(=O)[C@@H](C)Br. The van der Waals surface area contributed by atoms with Crippen molar-refractivity contribution in [2.24, 2.45) is 0 Å². The maximum absolute atomic E-state index is 11.6. The van der Waals surface area contributed by atoms with Crippen molar-refractivity contribution in [3.8, 4) is 11.5 Å². The Morgan fingerprint density at radius 2 is 1.81 bits per heavy atom. The van der Waals surface area contributed by atoms with E-state index in [1.807, 2.05) is 0 Å². The number of amides is 1. The molecule has 0 saturated carbocycles. The largest absolute Gasteiger partial charge is 0.494 e. The van der Waals surface area contributed by atoms with E-state index in [1.54, 1.807) is 39.3 Å². The average molecular weight is 288 g/mol. The Labute approximate surface area is 103 Å². The Kier molecular flexibility index (Phi) is 4.61. The van der Waals surface area contributed by atoms with Gasteiger partial charge in [0.25, 0.3) is 0 Å². The molecule has 1 aromatic rings. The molecule has 1 atom stereocenters. The molecule has 0 fully saturated rings. The van der Waals surface area contributed by atoms with Crippen molar-refractivity contribution < 1.29 is 14.3 Å². The smallest absolute Gasteiger partial charge is 0.238 e. The Balaban J connectivity index is 3.04. The molecule has 1 rings (SSSR count). The lowest BCUT2D eigenvalue weighted by molar-refractivity contribution is -0.115. The van der Waals surface area contributed by atoms with E-state index in [-0.39, 0.29) is 10.7 Å². The van der Waals surface area contributed by atoms with Gasteiger partial charge in [-0.15, -0.1) is 0 Å². The van der Waals surface area contributed by atoms with Crippen LogP contribution in [0.15, 0.2) is 18.2 Å². The molecule has 5 heteroatoms. The van der Waals surface area contributed by atoms with Crippen LogP contribution in [0.2, 0.25) is 0 Å². The zero-order chi connectivity index (χ0) is 12.1. The van der Waals surface area contributed by atoms with Gasteiger partial charge >= 0.3 is 0 Å². The van der Waals surface area contributed by atoms with Gasteiger partial charge in [-0.05, 0) is 19.1 Å². The van der Waals surface area contributed by atoms with Gasteiger partial charge < -0.3 is 14.8 Å². The minimum atomic E-state index is -0.276. The van der Waals surface area contributed by atoms with E-state index in [4.69, 9.17) is 9.47 Å². The second-order valence-electron chi connectivity index (χ2n) is 3.14. The third kappa shape index (κ3) is 2.88. The summed E-state index contributed by atoms with van der Waals surface area (Å²) in [5.74, 6) is 0.990. The van der Waals surface area contributed by atoms with Gasteiger partial charge in [-0.25, -0.2) is 0 Å². The summed E-state index contributed by atoms with van der Waals surface area (Å²) in [6, 6.07) is 5.32. The number of rotatable bonds is 4. The minimum absolute atomic E-state index is 0.150. The highest BCUT2D eigenvalue weighted by atomic mass is 79.9. The molecule has 0 bridgehead atoms. The molecule has 0 unspecified atom stereocenters. The number of carbonyl (C=O) groups is 1. The van der Waals surface area contributed by atoms with Crippen LogP contribution in [0, 0.1) is 0 Å². The number of hydrogen-bond donors (Lipinski definition) is 1. The topological polar surface area (TPSA) is 47.6 Å². The predicted octanol–water partition coefficient (Wildman–Crippen LogP) is 2.43. The van der Waals surface area contributed by atoms with Gasteiger partial charge in [0.15, 0.2) is 0 Å². The number of ether oxygens (including phenoxy) is 2.